The first-order valence-electron chi connectivity index (χ1n) is 7.22. The maximum absolute atomic E-state index is 13.6. The van der Waals surface area contributed by atoms with E-state index in [9.17, 15) is 9.18 Å². The molecular weight excluding hydrogens is 285 g/mol. The van der Waals surface area contributed by atoms with E-state index in [1.807, 2.05) is 6.07 Å². The Morgan fingerprint density at radius 2 is 2.14 bits per heavy atom. The lowest BCUT2D eigenvalue weighted by Crippen LogP contribution is -2.33. The summed E-state index contributed by atoms with van der Waals surface area (Å²) in [6, 6.07) is 8.36. The van der Waals surface area contributed by atoms with Gasteiger partial charge in [-0.2, -0.15) is 0 Å². The van der Waals surface area contributed by atoms with Crippen LogP contribution in [0.5, 0.6) is 0 Å². The third-order valence-electron chi connectivity index (χ3n) is 3.44. The van der Waals surface area contributed by atoms with Crippen LogP contribution in [0.1, 0.15) is 17.5 Å². The highest BCUT2D eigenvalue weighted by Gasteiger charge is 2.15. The van der Waals surface area contributed by atoms with Gasteiger partial charge in [-0.05, 0) is 24.1 Å². The molecule has 0 N–H and O–H groups in total. The quantitative estimate of drug-likeness (QED) is 0.753. The number of benzene rings is 1. The van der Waals surface area contributed by atoms with E-state index in [0.717, 1.165) is 5.56 Å². The third kappa shape index (κ3) is 4.70. The van der Waals surface area contributed by atoms with Crippen LogP contribution < -0.4 is 0 Å². The van der Waals surface area contributed by atoms with Crippen molar-refractivity contribution < 1.29 is 18.3 Å². The molecule has 1 aromatic carbocycles. The highest BCUT2D eigenvalue weighted by Crippen LogP contribution is 2.12. The van der Waals surface area contributed by atoms with E-state index in [0.29, 0.717) is 31.7 Å². The Labute approximate surface area is 129 Å². The van der Waals surface area contributed by atoms with Crippen LogP contribution in [0.4, 0.5) is 4.39 Å². The number of hydrogen-bond acceptors (Lipinski definition) is 3. The van der Waals surface area contributed by atoms with Crippen molar-refractivity contribution in [3.05, 3.63) is 59.8 Å². The fourth-order valence-corrected chi connectivity index (χ4v) is 2.20. The molecule has 0 atom stereocenters. The van der Waals surface area contributed by atoms with Gasteiger partial charge in [-0.15, -0.1) is 0 Å². The van der Waals surface area contributed by atoms with E-state index in [2.05, 4.69) is 0 Å². The molecule has 118 valence electrons. The van der Waals surface area contributed by atoms with Crippen LogP contribution in [0.25, 0.3) is 0 Å². The molecule has 5 heteroatoms. The lowest BCUT2D eigenvalue weighted by atomic mass is 10.1. The lowest BCUT2D eigenvalue weighted by molar-refractivity contribution is -0.132. The number of hydrogen-bond donors (Lipinski definition) is 0. The van der Waals surface area contributed by atoms with Crippen molar-refractivity contribution in [2.45, 2.75) is 19.4 Å². The van der Waals surface area contributed by atoms with Crippen molar-refractivity contribution in [2.24, 2.45) is 0 Å². The monoisotopic (exact) mass is 305 g/mol. The average Bonchev–Trinajstić information content (AvgIpc) is 3.03. The molecule has 0 saturated carbocycles. The molecule has 0 unspecified atom stereocenters. The summed E-state index contributed by atoms with van der Waals surface area (Å²) >= 11 is 0. The summed E-state index contributed by atoms with van der Waals surface area (Å²) in [7, 11) is 1.60. The number of nitrogens with zero attached hydrogens (tertiary/aromatic N) is 1. The minimum absolute atomic E-state index is 0.0264. The summed E-state index contributed by atoms with van der Waals surface area (Å²) in [4.78, 5) is 14.1. The summed E-state index contributed by atoms with van der Waals surface area (Å²) in [6.45, 7) is 1.43. The first-order chi connectivity index (χ1) is 10.7. The van der Waals surface area contributed by atoms with Gasteiger partial charge < -0.3 is 14.1 Å². The third-order valence-corrected chi connectivity index (χ3v) is 3.44. The maximum atomic E-state index is 13.6. The highest BCUT2D eigenvalue weighted by atomic mass is 19.1. The predicted octanol–water partition coefficient (Wildman–Crippen LogP) is 3.03. The fourth-order valence-electron chi connectivity index (χ4n) is 2.20. The molecule has 0 fully saturated rings. The van der Waals surface area contributed by atoms with Gasteiger partial charge in [-0.25, -0.2) is 4.39 Å². The van der Waals surface area contributed by atoms with E-state index in [4.69, 9.17) is 9.15 Å². The van der Waals surface area contributed by atoms with Crippen LogP contribution in [0.3, 0.4) is 0 Å². The standard InChI is InChI=1S/C17H20FNO3/c1-21-11-9-19(12-14-8-10-22-13-14)17(20)7-6-15-4-2-3-5-16(15)18/h2-5,8,10,13H,6-7,9,11-12H2,1H3. The van der Waals surface area contributed by atoms with E-state index in [1.54, 1.807) is 42.7 Å². The Bertz CT molecular complexity index is 583. The van der Waals surface area contributed by atoms with E-state index < -0.39 is 0 Å². The Hall–Kier alpha value is -2.14. The second-order valence-corrected chi connectivity index (χ2v) is 5.03. The lowest BCUT2D eigenvalue weighted by Gasteiger charge is -2.22. The highest BCUT2D eigenvalue weighted by molar-refractivity contribution is 5.76. The number of methoxy groups -OCH3 is 1. The largest absolute Gasteiger partial charge is 0.472 e. The Morgan fingerprint density at radius 3 is 2.82 bits per heavy atom. The van der Waals surface area contributed by atoms with Crippen molar-refractivity contribution in [1.29, 1.82) is 0 Å². The number of ether oxygens (including phenoxy) is 1. The zero-order valence-corrected chi connectivity index (χ0v) is 12.6. The number of aryl methyl sites for hydroxylation is 1. The summed E-state index contributed by atoms with van der Waals surface area (Å²) in [5.41, 5.74) is 1.49. The zero-order valence-electron chi connectivity index (χ0n) is 12.6. The van der Waals surface area contributed by atoms with Gasteiger partial charge in [-0.3, -0.25) is 4.79 Å². The fraction of sp³-hybridized carbons (Fsp3) is 0.353. The van der Waals surface area contributed by atoms with Gasteiger partial charge >= 0.3 is 0 Å². The van der Waals surface area contributed by atoms with E-state index in [-0.39, 0.29) is 18.1 Å². The van der Waals surface area contributed by atoms with Crippen LogP contribution in [0.2, 0.25) is 0 Å². The molecule has 0 aliphatic rings. The van der Waals surface area contributed by atoms with Crippen LogP contribution in [0, 0.1) is 5.82 Å². The summed E-state index contributed by atoms with van der Waals surface area (Å²) in [5.74, 6) is -0.296. The molecule has 0 spiro atoms. The number of furan rings is 1. The molecule has 1 heterocycles. The van der Waals surface area contributed by atoms with Gasteiger partial charge in [0.15, 0.2) is 0 Å². The number of rotatable bonds is 8. The van der Waals surface area contributed by atoms with Crippen molar-refractivity contribution in [3.8, 4) is 0 Å². The molecule has 1 aromatic heterocycles. The second kappa shape index (κ2) is 8.34. The molecule has 0 radical (unpaired) electrons. The normalized spacial score (nSPS) is 10.6. The molecule has 0 bridgehead atoms. The molecule has 2 aromatic rings. The van der Waals surface area contributed by atoms with Crippen LogP contribution in [-0.4, -0.2) is 31.1 Å². The minimum Gasteiger partial charge on any atom is -0.472 e. The average molecular weight is 305 g/mol. The molecule has 2 rings (SSSR count). The minimum atomic E-state index is -0.270. The van der Waals surface area contributed by atoms with Crippen LogP contribution in [0.15, 0.2) is 47.3 Å². The van der Waals surface area contributed by atoms with Crippen molar-refractivity contribution in [3.63, 3.8) is 0 Å². The van der Waals surface area contributed by atoms with Crippen molar-refractivity contribution >= 4 is 5.91 Å². The number of halogens is 1. The van der Waals surface area contributed by atoms with Gasteiger partial charge in [0.05, 0.1) is 19.1 Å². The Balaban J connectivity index is 1.94. The molecule has 0 aliphatic heterocycles. The molecule has 0 aliphatic carbocycles. The van der Waals surface area contributed by atoms with Crippen molar-refractivity contribution in [1.82, 2.24) is 4.90 Å². The number of carbonyl (C=O) groups excluding carboxylic acids is 1. The van der Waals surface area contributed by atoms with Gasteiger partial charge in [-0.1, -0.05) is 18.2 Å². The topological polar surface area (TPSA) is 42.7 Å². The van der Waals surface area contributed by atoms with Crippen LogP contribution >= 0.6 is 0 Å². The second-order valence-electron chi connectivity index (χ2n) is 5.03. The molecule has 1 amide bonds. The molecule has 4 nitrogen and oxygen atoms in total. The molecular formula is C17H20FNO3. The Morgan fingerprint density at radius 1 is 1.32 bits per heavy atom. The SMILES string of the molecule is COCCN(Cc1ccoc1)C(=O)CCc1ccccc1F. The van der Waals surface area contributed by atoms with Gasteiger partial charge in [0.2, 0.25) is 5.91 Å². The van der Waals surface area contributed by atoms with Gasteiger partial charge in [0, 0.05) is 32.2 Å². The van der Waals surface area contributed by atoms with Gasteiger partial charge in [0.25, 0.3) is 0 Å². The molecule has 0 saturated heterocycles. The molecule has 22 heavy (non-hydrogen) atoms. The smallest absolute Gasteiger partial charge is 0.223 e. The zero-order chi connectivity index (χ0) is 15.8. The summed E-state index contributed by atoms with van der Waals surface area (Å²) in [5, 5.41) is 0. The van der Waals surface area contributed by atoms with E-state index in [1.165, 1.54) is 6.07 Å². The van der Waals surface area contributed by atoms with Crippen LogP contribution in [-0.2, 0) is 22.5 Å². The maximum Gasteiger partial charge on any atom is 0.223 e. The van der Waals surface area contributed by atoms with Gasteiger partial charge in [0.1, 0.15) is 5.82 Å². The van der Waals surface area contributed by atoms with Crippen molar-refractivity contribution in [2.75, 3.05) is 20.3 Å². The number of carbonyl (C=O) groups is 1. The predicted molar refractivity (Wildman–Crippen MR) is 80.7 cm³/mol. The Kier molecular flexibility index (Phi) is 6.15. The van der Waals surface area contributed by atoms with E-state index >= 15 is 0 Å². The first-order valence-corrected chi connectivity index (χ1v) is 7.22. The number of amides is 1. The summed E-state index contributed by atoms with van der Waals surface area (Å²) in [6.07, 6.45) is 3.85. The summed E-state index contributed by atoms with van der Waals surface area (Å²) < 4.78 is 23.7. The first kappa shape index (κ1) is 16.2.